The maximum atomic E-state index is 13.4. The van der Waals surface area contributed by atoms with E-state index in [0.29, 0.717) is 12.0 Å². The quantitative estimate of drug-likeness (QED) is 0.515. The number of carbonyl (C=O) groups excluding carboxylic acids is 3. The number of rotatable bonds is 4. The van der Waals surface area contributed by atoms with Crippen LogP contribution in [0.1, 0.15) is 34.3 Å². The summed E-state index contributed by atoms with van der Waals surface area (Å²) in [5, 5.41) is 2.90. The number of fused-ring (bicyclic) bond motifs is 2. The molecule has 1 saturated heterocycles. The zero-order chi connectivity index (χ0) is 21.4. The van der Waals surface area contributed by atoms with Crippen molar-refractivity contribution in [3.63, 3.8) is 0 Å². The second kappa shape index (κ2) is 7.51. The Bertz CT molecular complexity index is 1170. The van der Waals surface area contributed by atoms with Crippen molar-refractivity contribution in [1.82, 2.24) is 10.2 Å². The third-order valence-electron chi connectivity index (χ3n) is 6.27. The zero-order valence-electron chi connectivity index (χ0n) is 17.0. The second-order valence-corrected chi connectivity index (χ2v) is 8.10. The summed E-state index contributed by atoms with van der Waals surface area (Å²) in [4.78, 5) is 40.0. The van der Waals surface area contributed by atoms with Gasteiger partial charge >= 0.3 is 6.03 Å². The number of benzene rings is 3. The standard InChI is InChI=1S/C26H22N2O3/c29-23(21-14-12-19(13-15-21)18-7-2-1-3-8-18)17-28-24(30)26(27-25(28)31)16-6-10-20-9-4-5-11-22(20)26/h1-5,7-9,11-15H,6,10,16-17H2,(H,27,31)/t26-/m0/s1. The summed E-state index contributed by atoms with van der Waals surface area (Å²) in [5.74, 6) is -0.594. The zero-order valence-corrected chi connectivity index (χ0v) is 17.0. The number of urea groups is 1. The van der Waals surface area contributed by atoms with E-state index in [-0.39, 0.29) is 18.2 Å². The first-order chi connectivity index (χ1) is 15.1. The molecule has 1 fully saturated rings. The number of aryl methyl sites for hydroxylation is 1. The number of amides is 3. The fourth-order valence-electron chi connectivity index (χ4n) is 4.67. The lowest BCUT2D eigenvalue weighted by Gasteiger charge is -2.33. The van der Waals surface area contributed by atoms with E-state index in [9.17, 15) is 14.4 Å². The van der Waals surface area contributed by atoms with Gasteiger partial charge in [-0.2, -0.15) is 0 Å². The molecule has 2 aliphatic rings. The Hall–Kier alpha value is -3.73. The van der Waals surface area contributed by atoms with E-state index in [1.165, 1.54) is 0 Å². The number of imide groups is 1. The minimum absolute atomic E-state index is 0.260. The van der Waals surface area contributed by atoms with E-state index in [2.05, 4.69) is 5.32 Å². The van der Waals surface area contributed by atoms with Gasteiger partial charge in [0.1, 0.15) is 5.54 Å². The SMILES string of the molecule is O=C(CN1C(=O)N[C@]2(CCCc3ccccc32)C1=O)c1ccc(-c2ccccc2)cc1. The van der Waals surface area contributed by atoms with Crippen LogP contribution in [0.25, 0.3) is 11.1 Å². The molecule has 1 aliphatic carbocycles. The summed E-state index contributed by atoms with van der Waals surface area (Å²) in [6.45, 7) is -0.265. The normalized spacial score (nSPS) is 19.9. The molecule has 1 heterocycles. The molecule has 3 amide bonds. The molecule has 0 saturated carbocycles. The number of ketones is 1. The highest BCUT2D eigenvalue weighted by Gasteiger charge is 2.54. The Morgan fingerprint density at radius 1 is 0.871 bits per heavy atom. The highest BCUT2D eigenvalue weighted by Crippen LogP contribution is 2.39. The molecule has 0 aromatic heterocycles. The van der Waals surface area contributed by atoms with Crippen molar-refractivity contribution in [2.45, 2.75) is 24.8 Å². The Kier molecular flexibility index (Phi) is 4.66. The number of hydrogen-bond donors (Lipinski definition) is 1. The van der Waals surface area contributed by atoms with Crippen LogP contribution in [-0.2, 0) is 16.8 Å². The molecule has 3 aromatic carbocycles. The van der Waals surface area contributed by atoms with Crippen LogP contribution in [0, 0.1) is 0 Å². The Morgan fingerprint density at radius 3 is 2.32 bits per heavy atom. The number of nitrogens with zero attached hydrogens (tertiary/aromatic N) is 1. The Balaban J connectivity index is 1.37. The van der Waals surface area contributed by atoms with E-state index in [1.807, 2.05) is 66.7 Å². The van der Waals surface area contributed by atoms with Crippen molar-refractivity contribution in [1.29, 1.82) is 0 Å². The lowest BCUT2D eigenvalue weighted by atomic mass is 9.76. The summed E-state index contributed by atoms with van der Waals surface area (Å²) in [5.41, 5.74) is 3.42. The van der Waals surface area contributed by atoms with Gasteiger partial charge in [-0.3, -0.25) is 14.5 Å². The van der Waals surface area contributed by atoms with Crippen LogP contribution in [0.2, 0.25) is 0 Å². The van der Waals surface area contributed by atoms with Crippen molar-refractivity contribution in [3.8, 4) is 11.1 Å². The molecule has 31 heavy (non-hydrogen) atoms. The topological polar surface area (TPSA) is 66.5 Å². The molecular weight excluding hydrogens is 388 g/mol. The Morgan fingerprint density at radius 2 is 1.55 bits per heavy atom. The molecule has 5 nitrogen and oxygen atoms in total. The van der Waals surface area contributed by atoms with Crippen molar-refractivity contribution in [2.24, 2.45) is 0 Å². The van der Waals surface area contributed by atoms with Gasteiger partial charge in [0.05, 0.1) is 6.54 Å². The minimum atomic E-state index is -1.05. The molecule has 5 heteroatoms. The molecular formula is C26H22N2O3. The first-order valence-corrected chi connectivity index (χ1v) is 10.5. The third-order valence-corrected chi connectivity index (χ3v) is 6.27. The molecule has 1 N–H and O–H groups in total. The molecule has 1 atom stereocenters. The fourth-order valence-corrected chi connectivity index (χ4v) is 4.67. The predicted octanol–water partition coefficient (Wildman–Crippen LogP) is 4.32. The van der Waals surface area contributed by atoms with E-state index < -0.39 is 11.6 Å². The van der Waals surface area contributed by atoms with E-state index >= 15 is 0 Å². The van der Waals surface area contributed by atoms with Crippen LogP contribution in [-0.4, -0.2) is 29.2 Å². The van der Waals surface area contributed by atoms with Crippen molar-refractivity contribution < 1.29 is 14.4 Å². The summed E-state index contributed by atoms with van der Waals surface area (Å²) in [6.07, 6.45) is 2.24. The van der Waals surface area contributed by atoms with Gasteiger partial charge in [-0.15, -0.1) is 0 Å². The van der Waals surface area contributed by atoms with Gasteiger partial charge < -0.3 is 5.32 Å². The summed E-state index contributed by atoms with van der Waals surface area (Å²) in [7, 11) is 0. The van der Waals surface area contributed by atoms with Gasteiger partial charge in [0.25, 0.3) is 5.91 Å². The lowest BCUT2D eigenvalue weighted by Crippen LogP contribution is -2.46. The summed E-state index contributed by atoms with van der Waals surface area (Å²) < 4.78 is 0. The van der Waals surface area contributed by atoms with Gasteiger partial charge in [-0.25, -0.2) is 4.79 Å². The second-order valence-electron chi connectivity index (χ2n) is 8.10. The molecule has 0 unspecified atom stereocenters. The maximum Gasteiger partial charge on any atom is 0.325 e. The average Bonchev–Trinajstić information content (AvgIpc) is 3.04. The van der Waals surface area contributed by atoms with E-state index in [1.54, 1.807) is 12.1 Å². The van der Waals surface area contributed by atoms with Crippen LogP contribution in [0.4, 0.5) is 4.79 Å². The first kappa shape index (κ1) is 19.2. The molecule has 154 valence electrons. The first-order valence-electron chi connectivity index (χ1n) is 10.5. The predicted molar refractivity (Wildman–Crippen MR) is 118 cm³/mol. The van der Waals surface area contributed by atoms with Gasteiger partial charge in [0.15, 0.2) is 5.78 Å². The minimum Gasteiger partial charge on any atom is -0.319 e. The largest absolute Gasteiger partial charge is 0.325 e. The van der Waals surface area contributed by atoms with Gasteiger partial charge in [-0.05, 0) is 41.5 Å². The number of Topliss-reactive ketones (excluding diaryl/α,β-unsaturated/α-hetero) is 1. The van der Waals surface area contributed by atoms with Gasteiger partial charge in [-0.1, -0.05) is 78.9 Å². The smallest absolute Gasteiger partial charge is 0.319 e. The van der Waals surface area contributed by atoms with Crippen LogP contribution in [0.5, 0.6) is 0 Å². The molecule has 1 aliphatic heterocycles. The lowest BCUT2D eigenvalue weighted by molar-refractivity contribution is -0.131. The molecule has 3 aromatic rings. The third kappa shape index (κ3) is 3.22. The summed E-state index contributed by atoms with van der Waals surface area (Å²) in [6, 6.07) is 24.4. The molecule has 0 bridgehead atoms. The number of nitrogens with one attached hydrogen (secondary N) is 1. The van der Waals surface area contributed by atoms with Crippen molar-refractivity contribution in [2.75, 3.05) is 6.54 Å². The molecule has 5 rings (SSSR count). The van der Waals surface area contributed by atoms with Crippen molar-refractivity contribution >= 4 is 17.7 Å². The monoisotopic (exact) mass is 410 g/mol. The fraction of sp³-hybridized carbons (Fsp3) is 0.192. The summed E-state index contributed by atoms with van der Waals surface area (Å²) >= 11 is 0. The van der Waals surface area contributed by atoms with Crippen LogP contribution in [0.15, 0.2) is 78.9 Å². The van der Waals surface area contributed by atoms with Gasteiger partial charge in [0, 0.05) is 5.56 Å². The number of carbonyl (C=O) groups is 3. The van der Waals surface area contributed by atoms with E-state index in [0.717, 1.165) is 40.0 Å². The van der Waals surface area contributed by atoms with Crippen molar-refractivity contribution in [3.05, 3.63) is 95.6 Å². The van der Waals surface area contributed by atoms with E-state index in [4.69, 9.17) is 0 Å². The van der Waals surface area contributed by atoms with Gasteiger partial charge in [0.2, 0.25) is 0 Å². The highest BCUT2D eigenvalue weighted by atomic mass is 16.2. The van der Waals surface area contributed by atoms with Crippen LogP contribution < -0.4 is 5.32 Å². The number of hydrogen-bond acceptors (Lipinski definition) is 3. The van der Waals surface area contributed by atoms with Crippen LogP contribution in [0.3, 0.4) is 0 Å². The molecule has 0 radical (unpaired) electrons. The molecule has 1 spiro atoms. The Labute approximate surface area is 180 Å². The maximum absolute atomic E-state index is 13.4. The average molecular weight is 410 g/mol. The van der Waals surface area contributed by atoms with Crippen LogP contribution >= 0.6 is 0 Å². The highest BCUT2D eigenvalue weighted by molar-refractivity contribution is 6.11.